The third-order valence-corrected chi connectivity index (χ3v) is 1.72. The minimum Gasteiger partial charge on any atom is -0.344 e. The molecule has 0 bridgehead atoms. The van der Waals surface area contributed by atoms with Crippen molar-refractivity contribution < 1.29 is 42.1 Å². The van der Waals surface area contributed by atoms with Gasteiger partial charge < -0.3 is 37.3 Å². The minimum atomic E-state index is 0. The van der Waals surface area contributed by atoms with Crippen molar-refractivity contribution >= 4 is 0 Å². The van der Waals surface area contributed by atoms with E-state index in [0.717, 1.165) is 6.42 Å². The van der Waals surface area contributed by atoms with Crippen LogP contribution in [-0.4, -0.2) is 30.1 Å². The van der Waals surface area contributed by atoms with Crippen molar-refractivity contribution in [3.05, 3.63) is 26.7 Å². The van der Waals surface area contributed by atoms with Crippen LogP contribution in [0.4, 0.5) is 0 Å². The molecule has 22 heavy (non-hydrogen) atoms. The molecule has 4 heteroatoms. The molecule has 0 aromatic heterocycles. The Kier molecular flexibility index (Phi) is 75.5. The second-order valence-electron chi connectivity index (χ2n) is 5.10. The summed E-state index contributed by atoms with van der Waals surface area (Å²) in [7, 11) is 2.08. The van der Waals surface area contributed by atoms with Crippen molar-refractivity contribution in [2.24, 2.45) is 5.73 Å². The van der Waals surface area contributed by atoms with Crippen molar-refractivity contribution in [2.45, 2.75) is 87.4 Å². The van der Waals surface area contributed by atoms with E-state index in [4.69, 9.17) is 5.73 Å². The van der Waals surface area contributed by atoms with E-state index in [-0.39, 0.29) is 49.6 Å². The standard InChI is InChI=1S/C8H17N.C3H9N.2C3H7.CH4.2W/c1-6-8(4)9(5)7(2)3;1-3(2)4;2*1-3-2;;;/h7-8H,1,4,6H2,2-3,5H3;3H,4H2,1-2H3;2*3H,1-2H3;1H4;;/q-2;;2*-1;;;. The van der Waals surface area contributed by atoms with Crippen LogP contribution in [0.25, 0.3) is 0 Å². The molecule has 1 unspecified atom stereocenters. The molecule has 2 nitrogen and oxygen atoms in total. The van der Waals surface area contributed by atoms with Crippen LogP contribution in [0.3, 0.4) is 0 Å². The fourth-order valence-electron chi connectivity index (χ4n) is 0.625. The van der Waals surface area contributed by atoms with Gasteiger partial charge in [-0.25, -0.2) is 0 Å². The predicted octanol–water partition coefficient (Wildman–Crippen LogP) is 5.20. The molecule has 0 saturated carbocycles. The fraction of sp³-hybridized carbons (Fsp3) is 0.778. The van der Waals surface area contributed by atoms with Gasteiger partial charge in [-0.05, 0) is 26.9 Å². The molecule has 0 aliphatic heterocycles. The van der Waals surface area contributed by atoms with Gasteiger partial charge in [0.1, 0.15) is 0 Å². The molecule has 0 spiro atoms. The topological polar surface area (TPSA) is 29.3 Å². The Morgan fingerprint density at radius 2 is 1.14 bits per heavy atom. The molecule has 0 heterocycles. The molecule has 0 rings (SSSR count). The second kappa shape index (κ2) is 38.1. The molecule has 2 N–H and O–H groups in total. The quantitative estimate of drug-likeness (QED) is 0.424. The zero-order chi connectivity index (χ0) is 16.4. The molecule has 1 atom stereocenters. The largest absolute Gasteiger partial charge is 0.344 e. The monoisotopic (exact) mass is 656 g/mol. The first-order valence-electron chi connectivity index (χ1n) is 7.23. The molecule has 0 amide bonds. The van der Waals surface area contributed by atoms with Crippen molar-refractivity contribution in [1.82, 2.24) is 4.90 Å². The zero-order valence-electron chi connectivity index (χ0n) is 15.8. The van der Waals surface area contributed by atoms with Crippen LogP contribution >= 0.6 is 0 Å². The Morgan fingerprint density at radius 1 is 0.955 bits per heavy atom. The van der Waals surface area contributed by atoms with Crippen molar-refractivity contribution in [3.8, 4) is 0 Å². The summed E-state index contributed by atoms with van der Waals surface area (Å²) >= 11 is 0. The summed E-state index contributed by atoms with van der Waals surface area (Å²) in [6.45, 7) is 23.9. The van der Waals surface area contributed by atoms with Crippen LogP contribution in [0.2, 0.25) is 0 Å². The van der Waals surface area contributed by atoms with Gasteiger partial charge in [0.05, 0.1) is 0 Å². The fourth-order valence-corrected chi connectivity index (χ4v) is 0.625. The first-order chi connectivity index (χ1) is 8.65. The van der Waals surface area contributed by atoms with E-state index in [2.05, 4.69) is 39.6 Å². The van der Waals surface area contributed by atoms with E-state index >= 15 is 0 Å². The average Bonchev–Trinajstić information content (AvgIpc) is 2.28. The number of nitrogens with zero attached hydrogens (tertiary/aromatic N) is 1. The van der Waals surface area contributed by atoms with Gasteiger partial charge in [0, 0.05) is 48.2 Å². The molecular weight excluding hydrogens is 612 g/mol. The van der Waals surface area contributed by atoms with Gasteiger partial charge in [-0.3, -0.25) is 0 Å². The molecule has 0 saturated heterocycles. The van der Waals surface area contributed by atoms with E-state index in [9.17, 15) is 0 Å². The number of nitrogens with two attached hydrogens (primary N) is 1. The van der Waals surface area contributed by atoms with Gasteiger partial charge in [-0.2, -0.15) is 34.1 Å². The van der Waals surface area contributed by atoms with E-state index in [1.807, 2.05) is 54.4 Å². The molecule has 142 valence electrons. The van der Waals surface area contributed by atoms with Crippen molar-refractivity contribution in [1.29, 1.82) is 0 Å². The third-order valence-electron chi connectivity index (χ3n) is 1.72. The smallest absolute Gasteiger partial charge is 0.000884 e. The average molecular weight is 656 g/mol. The van der Waals surface area contributed by atoms with Gasteiger partial charge >= 0.3 is 0 Å². The van der Waals surface area contributed by atoms with Gasteiger partial charge in [-0.1, -0.05) is 21.3 Å². The van der Waals surface area contributed by atoms with E-state index < -0.39 is 0 Å². The SMILES string of the molecule is C.CC(C)N.C[CH-]C.C[CH-]C.[CH2-]CC([CH2-])N(C)C(C)C.[W].[W]. The summed E-state index contributed by atoms with van der Waals surface area (Å²) in [5.74, 6) is 0. The Balaban J connectivity index is -0.0000000298. The molecular formula is C18H44N2W2-4. The summed E-state index contributed by atoms with van der Waals surface area (Å²) < 4.78 is 0. The van der Waals surface area contributed by atoms with Crippen LogP contribution in [0.1, 0.15) is 69.2 Å². The zero-order valence-corrected chi connectivity index (χ0v) is 21.7. The molecule has 0 aromatic carbocycles. The van der Waals surface area contributed by atoms with Crippen molar-refractivity contribution in [3.63, 3.8) is 0 Å². The summed E-state index contributed by atoms with van der Waals surface area (Å²) in [6.07, 6.45) is 4.88. The molecule has 0 aliphatic rings. The molecule has 0 aliphatic carbocycles. The van der Waals surface area contributed by atoms with E-state index in [0.29, 0.717) is 18.1 Å². The summed E-state index contributed by atoms with van der Waals surface area (Å²) in [6, 6.07) is 1.28. The van der Waals surface area contributed by atoms with Crippen molar-refractivity contribution in [2.75, 3.05) is 7.05 Å². The molecule has 0 fully saturated rings. The summed E-state index contributed by atoms with van der Waals surface area (Å²) in [4.78, 5) is 2.22. The maximum Gasteiger partial charge on any atom is 0.000884 e. The summed E-state index contributed by atoms with van der Waals surface area (Å²) in [5.41, 5.74) is 5.11. The van der Waals surface area contributed by atoms with Gasteiger partial charge in [0.2, 0.25) is 0 Å². The Bertz CT molecular complexity index is 128. The van der Waals surface area contributed by atoms with Gasteiger partial charge in [0.15, 0.2) is 0 Å². The van der Waals surface area contributed by atoms with Crippen LogP contribution in [0.15, 0.2) is 0 Å². The van der Waals surface area contributed by atoms with E-state index in [1.54, 1.807) is 0 Å². The predicted molar refractivity (Wildman–Crippen MR) is 99.4 cm³/mol. The van der Waals surface area contributed by atoms with Crippen LogP contribution in [0.5, 0.6) is 0 Å². The number of rotatable bonds is 3. The first kappa shape index (κ1) is 43.6. The number of hydrogen-bond donors (Lipinski definition) is 1. The maximum absolute atomic E-state index is 5.11. The summed E-state index contributed by atoms with van der Waals surface area (Å²) in [5, 5.41) is 0. The van der Waals surface area contributed by atoms with Gasteiger partial charge in [0.25, 0.3) is 0 Å². The molecule has 0 aromatic rings. The number of hydrogen-bond acceptors (Lipinski definition) is 2. The second-order valence-corrected chi connectivity index (χ2v) is 5.10. The van der Waals surface area contributed by atoms with Crippen LogP contribution in [0, 0.1) is 26.7 Å². The Labute approximate surface area is 173 Å². The third kappa shape index (κ3) is 68.7. The van der Waals surface area contributed by atoms with Crippen LogP contribution < -0.4 is 5.73 Å². The van der Waals surface area contributed by atoms with E-state index in [1.165, 1.54) is 0 Å². The first-order valence-corrected chi connectivity index (χ1v) is 7.23. The maximum atomic E-state index is 5.11. The molecule has 0 radical (unpaired) electrons. The normalized spacial score (nSPS) is 9.41. The Morgan fingerprint density at radius 3 is 1.18 bits per heavy atom. The minimum absolute atomic E-state index is 0. The van der Waals surface area contributed by atoms with Crippen LogP contribution in [-0.2, 0) is 42.1 Å². The van der Waals surface area contributed by atoms with Gasteiger partial charge in [-0.15, -0.1) is 6.04 Å². The Hall–Kier alpha value is 1.30.